The number of amides is 1. The van der Waals surface area contributed by atoms with E-state index in [1.807, 2.05) is 38.1 Å². The number of rotatable bonds is 8. The van der Waals surface area contributed by atoms with E-state index >= 15 is 0 Å². The van der Waals surface area contributed by atoms with Gasteiger partial charge in [0.25, 0.3) is 0 Å². The molecule has 0 aromatic heterocycles. The molecule has 0 radical (unpaired) electrons. The zero-order chi connectivity index (χ0) is 20.9. The predicted octanol–water partition coefficient (Wildman–Crippen LogP) is 3.08. The molecular formula is C20H25FN2O4S. The molecule has 6 nitrogen and oxygen atoms in total. The number of carbonyl (C=O) groups is 1. The summed E-state index contributed by atoms with van der Waals surface area (Å²) < 4.78 is 44.1. The lowest BCUT2D eigenvalue weighted by Gasteiger charge is -2.28. The van der Waals surface area contributed by atoms with Crippen molar-refractivity contribution < 1.29 is 22.3 Å². The smallest absolute Gasteiger partial charge is 0.243 e. The highest BCUT2D eigenvalue weighted by Gasteiger charge is 2.28. The Labute approximate surface area is 165 Å². The maximum Gasteiger partial charge on any atom is 0.243 e. The molecule has 0 bridgehead atoms. The minimum Gasteiger partial charge on any atom is -0.491 e. The number of anilines is 1. The highest BCUT2D eigenvalue weighted by Crippen LogP contribution is 2.21. The third kappa shape index (κ3) is 5.95. The molecule has 2 aromatic carbocycles. The molecule has 28 heavy (non-hydrogen) atoms. The van der Waals surface area contributed by atoms with Crippen LogP contribution >= 0.6 is 0 Å². The van der Waals surface area contributed by atoms with Gasteiger partial charge in [-0.15, -0.1) is 0 Å². The molecule has 0 saturated carbocycles. The second-order valence-corrected chi connectivity index (χ2v) is 8.60. The number of nitrogens with one attached hydrogen (secondary N) is 1. The van der Waals surface area contributed by atoms with Gasteiger partial charge in [-0.05, 0) is 62.7 Å². The molecule has 2 rings (SSSR count). The quantitative estimate of drug-likeness (QED) is 0.728. The zero-order valence-electron chi connectivity index (χ0n) is 16.3. The summed E-state index contributed by atoms with van der Waals surface area (Å²) in [6.45, 7) is 5.60. The van der Waals surface area contributed by atoms with Gasteiger partial charge in [0.15, 0.2) is 0 Å². The van der Waals surface area contributed by atoms with Crippen molar-refractivity contribution in [3.05, 3.63) is 59.9 Å². The van der Waals surface area contributed by atoms with E-state index in [0.717, 1.165) is 34.0 Å². The van der Waals surface area contributed by atoms with Crippen molar-refractivity contribution in [2.24, 2.45) is 0 Å². The summed E-state index contributed by atoms with van der Waals surface area (Å²) >= 11 is 0. The van der Waals surface area contributed by atoms with Gasteiger partial charge in [-0.3, -0.25) is 9.10 Å². The summed E-state index contributed by atoms with van der Waals surface area (Å²) in [6, 6.07) is 11.2. The molecule has 2 aromatic rings. The van der Waals surface area contributed by atoms with Crippen LogP contribution in [0.15, 0.2) is 48.5 Å². The summed E-state index contributed by atoms with van der Waals surface area (Å²) in [5.74, 6) is -0.213. The fraction of sp³-hybridized carbons (Fsp3) is 0.350. The Hall–Kier alpha value is -2.61. The number of carbonyl (C=O) groups excluding carboxylic acids is 1. The number of benzene rings is 2. The molecule has 0 fully saturated rings. The molecular weight excluding hydrogens is 383 g/mol. The van der Waals surface area contributed by atoms with Crippen molar-refractivity contribution in [3.63, 3.8) is 0 Å². The summed E-state index contributed by atoms with van der Waals surface area (Å²) in [4.78, 5) is 12.5. The van der Waals surface area contributed by atoms with E-state index in [0.29, 0.717) is 0 Å². The first kappa shape index (κ1) is 21.7. The topological polar surface area (TPSA) is 75.7 Å². The number of sulfonamides is 1. The minimum atomic E-state index is -3.74. The van der Waals surface area contributed by atoms with Crippen LogP contribution in [-0.4, -0.2) is 32.7 Å². The summed E-state index contributed by atoms with van der Waals surface area (Å²) in [6.07, 6.45) is 1.08. The largest absolute Gasteiger partial charge is 0.491 e. The molecule has 0 unspecified atom stereocenters. The Morgan fingerprint density at radius 1 is 1.07 bits per heavy atom. The van der Waals surface area contributed by atoms with E-state index in [1.54, 1.807) is 0 Å². The van der Waals surface area contributed by atoms with Crippen LogP contribution < -0.4 is 14.4 Å². The Morgan fingerprint density at radius 2 is 1.64 bits per heavy atom. The monoisotopic (exact) mass is 408 g/mol. The molecule has 0 saturated heterocycles. The van der Waals surface area contributed by atoms with Crippen LogP contribution in [0.25, 0.3) is 0 Å². The van der Waals surface area contributed by atoms with E-state index in [-0.39, 0.29) is 18.3 Å². The van der Waals surface area contributed by atoms with Gasteiger partial charge in [0.1, 0.15) is 17.6 Å². The molecule has 1 atom stereocenters. The molecule has 8 heteroatoms. The Kier molecular flexibility index (Phi) is 7.01. The molecule has 1 N–H and O–H groups in total. The van der Waals surface area contributed by atoms with Gasteiger partial charge in [-0.1, -0.05) is 12.1 Å². The van der Waals surface area contributed by atoms with Crippen LogP contribution in [0, 0.1) is 5.82 Å². The minimum absolute atomic E-state index is 0.0693. The third-order valence-electron chi connectivity index (χ3n) is 3.93. The lowest BCUT2D eigenvalue weighted by molar-refractivity contribution is -0.122. The zero-order valence-corrected chi connectivity index (χ0v) is 17.2. The molecule has 0 aliphatic rings. The van der Waals surface area contributed by atoms with Gasteiger partial charge in [-0.25, -0.2) is 12.8 Å². The van der Waals surface area contributed by atoms with Crippen molar-refractivity contribution in [1.29, 1.82) is 0 Å². The standard InChI is InChI=1S/C20H25FN2O4S/c1-14(2)27-19-11-5-16(6-12-19)13-22-20(24)15(3)23(28(4,25)26)18-9-7-17(21)8-10-18/h5-12,14-15H,13H2,1-4H3,(H,22,24)/t15-/m1/s1. The number of hydrogen-bond donors (Lipinski definition) is 1. The van der Waals surface area contributed by atoms with Crippen molar-refractivity contribution in [3.8, 4) is 5.75 Å². The summed E-state index contributed by atoms with van der Waals surface area (Å²) in [5.41, 5.74) is 1.08. The van der Waals surface area contributed by atoms with Crippen molar-refractivity contribution in [2.75, 3.05) is 10.6 Å². The van der Waals surface area contributed by atoms with Gasteiger partial charge in [-0.2, -0.15) is 0 Å². The van der Waals surface area contributed by atoms with Crippen LogP contribution in [-0.2, 0) is 21.4 Å². The Morgan fingerprint density at radius 3 is 2.14 bits per heavy atom. The lowest BCUT2D eigenvalue weighted by Crippen LogP contribution is -2.47. The first-order valence-electron chi connectivity index (χ1n) is 8.86. The van der Waals surface area contributed by atoms with Crippen LogP contribution in [0.3, 0.4) is 0 Å². The molecule has 0 aliphatic heterocycles. The van der Waals surface area contributed by atoms with E-state index in [9.17, 15) is 17.6 Å². The van der Waals surface area contributed by atoms with Gasteiger partial charge in [0.05, 0.1) is 18.0 Å². The Bertz CT molecular complexity index is 897. The fourth-order valence-corrected chi connectivity index (χ4v) is 3.87. The maximum absolute atomic E-state index is 13.2. The van der Waals surface area contributed by atoms with E-state index in [1.165, 1.54) is 19.1 Å². The summed E-state index contributed by atoms with van der Waals surface area (Å²) in [5, 5.41) is 2.73. The van der Waals surface area contributed by atoms with E-state index in [2.05, 4.69) is 5.32 Å². The molecule has 152 valence electrons. The molecule has 0 heterocycles. The highest BCUT2D eigenvalue weighted by molar-refractivity contribution is 7.92. The van der Waals surface area contributed by atoms with Gasteiger partial charge < -0.3 is 10.1 Å². The average Bonchev–Trinajstić information content (AvgIpc) is 2.61. The van der Waals surface area contributed by atoms with E-state index < -0.39 is 27.8 Å². The number of ether oxygens (including phenoxy) is 1. The van der Waals surface area contributed by atoms with Gasteiger partial charge in [0.2, 0.25) is 15.9 Å². The number of hydrogen-bond acceptors (Lipinski definition) is 4. The predicted molar refractivity (Wildman–Crippen MR) is 107 cm³/mol. The lowest BCUT2D eigenvalue weighted by atomic mass is 10.2. The highest BCUT2D eigenvalue weighted by atomic mass is 32.2. The average molecular weight is 408 g/mol. The molecule has 1 amide bonds. The number of halogens is 1. The summed E-state index contributed by atoms with van der Waals surface area (Å²) in [7, 11) is -3.74. The fourth-order valence-electron chi connectivity index (χ4n) is 2.69. The van der Waals surface area contributed by atoms with Gasteiger partial charge in [0, 0.05) is 6.54 Å². The first-order chi connectivity index (χ1) is 13.1. The normalized spacial score (nSPS) is 12.5. The van der Waals surface area contributed by atoms with Crippen LogP contribution in [0.2, 0.25) is 0 Å². The Balaban J connectivity index is 2.07. The van der Waals surface area contributed by atoms with Crippen molar-refractivity contribution in [2.45, 2.75) is 39.5 Å². The van der Waals surface area contributed by atoms with E-state index in [4.69, 9.17) is 4.74 Å². The van der Waals surface area contributed by atoms with Crippen LogP contribution in [0.1, 0.15) is 26.3 Å². The van der Waals surface area contributed by atoms with Crippen molar-refractivity contribution in [1.82, 2.24) is 5.32 Å². The van der Waals surface area contributed by atoms with Crippen molar-refractivity contribution >= 4 is 21.6 Å². The molecule has 0 spiro atoms. The second-order valence-electron chi connectivity index (χ2n) is 6.74. The maximum atomic E-state index is 13.2. The molecule has 0 aliphatic carbocycles. The number of nitrogens with zero attached hydrogens (tertiary/aromatic N) is 1. The van der Waals surface area contributed by atoms with Gasteiger partial charge >= 0.3 is 0 Å². The second kappa shape index (κ2) is 9.05. The van der Waals surface area contributed by atoms with Crippen LogP contribution in [0.4, 0.5) is 10.1 Å². The SMILES string of the molecule is CC(C)Oc1ccc(CNC(=O)[C@@H](C)N(c2ccc(F)cc2)S(C)(=O)=O)cc1. The third-order valence-corrected chi connectivity index (χ3v) is 5.17. The first-order valence-corrected chi connectivity index (χ1v) is 10.7. The van der Waals surface area contributed by atoms with Crippen LogP contribution in [0.5, 0.6) is 5.75 Å².